The maximum atomic E-state index is 11.2. The summed E-state index contributed by atoms with van der Waals surface area (Å²) in [6.07, 6.45) is 0.989. The van der Waals surface area contributed by atoms with Gasteiger partial charge >= 0.3 is 0 Å². The van der Waals surface area contributed by atoms with Crippen molar-refractivity contribution < 1.29 is 4.79 Å². The Hall–Kier alpha value is -1.00. The van der Waals surface area contributed by atoms with Gasteiger partial charge in [-0.25, -0.2) is 0 Å². The van der Waals surface area contributed by atoms with Crippen LogP contribution in [0, 0.1) is 0 Å². The summed E-state index contributed by atoms with van der Waals surface area (Å²) >= 11 is 1.80. The molecule has 1 aromatic rings. The molecule has 1 amide bonds. The number of thioether (sulfide) groups is 1. The Morgan fingerprint density at radius 1 is 1.44 bits per heavy atom. The first-order chi connectivity index (χ1) is 7.65. The summed E-state index contributed by atoms with van der Waals surface area (Å²) in [6, 6.07) is 7.47. The summed E-state index contributed by atoms with van der Waals surface area (Å²) in [4.78, 5) is 11.2. The van der Waals surface area contributed by atoms with Crippen molar-refractivity contribution in [1.29, 1.82) is 0 Å². The van der Waals surface area contributed by atoms with Crippen LogP contribution in [-0.2, 0) is 5.75 Å². The number of rotatable bonds is 6. The summed E-state index contributed by atoms with van der Waals surface area (Å²) in [5.74, 6) is 0.447. The van der Waals surface area contributed by atoms with Gasteiger partial charge in [-0.3, -0.25) is 4.79 Å². The molecule has 1 unspecified atom stereocenters. The zero-order valence-electron chi connectivity index (χ0n) is 9.48. The minimum absolute atomic E-state index is 0.359. The lowest BCUT2D eigenvalue weighted by atomic mass is 10.1. The van der Waals surface area contributed by atoms with Crippen LogP contribution in [0.2, 0.25) is 0 Å². The van der Waals surface area contributed by atoms with Crippen molar-refractivity contribution in [2.45, 2.75) is 24.3 Å². The molecule has 0 fully saturated rings. The molecule has 16 heavy (non-hydrogen) atoms. The lowest BCUT2D eigenvalue weighted by Gasteiger charge is -2.11. The van der Waals surface area contributed by atoms with E-state index >= 15 is 0 Å². The molecule has 0 aromatic heterocycles. The molecule has 0 spiro atoms. The zero-order chi connectivity index (χ0) is 12.0. The molecule has 3 nitrogen and oxygen atoms in total. The van der Waals surface area contributed by atoms with E-state index in [-0.39, 0.29) is 5.91 Å². The van der Waals surface area contributed by atoms with Gasteiger partial charge in [-0.1, -0.05) is 25.1 Å². The topological polar surface area (TPSA) is 69.1 Å². The number of benzene rings is 1. The number of carbonyl (C=O) groups excluding carboxylic acids is 1. The molecule has 1 rings (SSSR count). The van der Waals surface area contributed by atoms with Gasteiger partial charge in [-0.15, -0.1) is 0 Å². The van der Waals surface area contributed by atoms with Crippen molar-refractivity contribution in [1.82, 2.24) is 0 Å². The van der Waals surface area contributed by atoms with Gasteiger partial charge in [0.15, 0.2) is 0 Å². The van der Waals surface area contributed by atoms with Crippen LogP contribution in [0.5, 0.6) is 0 Å². The summed E-state index contributed by atoms with van der Waals surface area (Å²) < 4.78 is 0. The van der Waals surface area contributed by atoms with Gasteiger partial charge < -0.3 is 11.5 Å². The molecule has 0 aliphatic heterocycles. The molecular weight excluding hydrogens is 220 g/mol. The van der Waals surface area contributed by atoms with E-state index in [0.29, 0.717) is 17.4 Å². The van der Waals surface area contributed by atoms with E-state index in [1.807, 2.05) is 18.2 Å². The fourth-order valence-electron chi connectivity index (χ4n) is 1.44. The molecule has 0 bridgehead atoms. The Balaban J connectivity index is 2.63. The summed E-state index contributed by atoms with van der Waals surface area (Å²) in [6.45, 7) is 2.84. The standard InChI is InChI=1S/C12H18N2OS/c1-9(6-7-13)16-8-10-4-2-3-5-11(10)12(14)15/h2-5,9H,6-8,13H2,1H3,(H2,14,15). The van der Waals surface area contributed by atoms with Gasteiger partial charge in [0, 0.05) is 16.6 Å². The van der Waals surface area contributed by atoms with Gasteiger partial charge in [-0.2, -0.15) is 11.8 Å². The van der Waals surface area contributed by atoms with Gasteiger partial charge in [0.1, 0.15) is 0 Å². The fourth-order valence-corrected chi connectivity index (χ4v) is 2.46. The normalized spacial score (nSPS) is 12.4. The van der Waals surface area contributed by atoms with Gasteiger partial charge in [0.05, 0.1) is 0 Å². The van der Waals surface area contributed by atoms with Crippen molar-refractivity contribution in [3.05, 3.63) is 35.4 Å². The minimum Gasteiger partial charge on any atom is -0.366 e. The molecule has 4 N–H and O–H groups in total. The molecule has 0 heterocycles. The number of hydrogen-bond acceptors (Lipinski definition) is 3. The van der Waals surface area contributed by atoms with Gasteiger partial charge in [-0.05, 0) is 24.6 Å². The third-order valence-corrected chi connectivity index (χ3v) is 3.66. The Labute approximate surface area is 101 Å². The summed E-state index contributed by atoms with van der Waals surface area (Å²) in [7, 11) is 0. The molecule has 0 saturated heterocycles. The Morgan fingerprint density at radius 3 is 2.75 bits per heavy atom. The third kappa shape index (κ3) is 3.87. The van der Waals surface area contributed by atoms with Crippen LogP contribution < -0.4 is 11.5 Å². The molecule has 4 heteroatoms. The van der Waals surface area contributed by atoms with Crippen LogP contribution >= 0.6 is 11.8 Å². The quantitative estimate of drug-likeness (QED) is 0.793. The number of primary amides is 1. The molecule has 88 valence electrons. The minimum atomic E-state index is -0.359. The van der Waals surface area contributed by atoms with Crippen LogP contribution in [0.15, 0.2) is 24.3 Å². The molecule has 1 aromatic carbocycles. The maximum absolute atomic E-state index is 11.2. The fraction of sp³-hybridized carbons (Fsp3) is 0.417. The van der Waals surface area contributed by atoms with E-state index < -0.39 is 0 Å². The Kier molecular flexibility index (Phi) is 5.35. The van der Waals surface area contributed by atoms with Gasteiger partial charge in [0.2, 0.25) is 5.91 Å². The highest BCUT2D eigenvalue weighted by molar-refractivity contribution is 7.99. The number of nitrogens with two attached hydrogens (primary N) is 2. The highest BCUT2D eigenvalue weighted by Crippen LogP contribution is 2.21. The monoisotopic (exact) mass is 238 g/mol. The lowest BCUT2D eigenvalue weighted by molar-refractivity contribution is 0.0999. The first-order valence-electron chi connectivity index (χ1n) is 5.34. The van der Waals surface area contributed by atoms with E-state index in [2.05, 4.69) is 6.92 Å². The maximum Gasteiger partial charge on any atom is 0.249 e. The average molecular weight is 238 g/mol. The molecule has 0 radical (unpaired) electrons. The number of hydrogen-bond donors (Lipinski definition) is 2. The van der Waals surface area contributed by atoms with Crippen LogP contribution in [-0.4, -0.2) is 17.7 Å². The Morgan fingerprint density at radius 2 is 2.12 bits per heavy atom. The van der Waals surface area contributed by atoms with E-state index in [9.17, 15) is 4.79 Å². The van der Waals surface area contributed by atoms with E-state index in [1.165, 1.54) is 0 Å². The van der Waals surface area contributed by atoms with Crippen LogP contribution in [0.3, 0.4) is 0 Å². The van der Waals surface area contributed by atoms with E-state index in [4.69, 9.17) is 11.5 Å². The second-order valence-electron chi connectivity index (χ2n) is 3.72. The zero-order valence-corrected chi connectivity index (χ0v) is 10.3. The van der Waals surface area contributed by atoms with Crippen molar-refractivity contribution in [3.63, 3.8) is 0 Å². The first kappa shape index (κ1) is 13.1. The van der Waals surface area contributed by atoms with Crippen molar-refractivity contribution in [2.75, 3.05) is 6.54 Å². The predicted octanol–water partition coefficient (Wildman–Crippen LogP) is 1.76. The molecular formula is C12H18N2OS. The summed E-state index contributed by atoms with van der Waals surface area (Å²) in [5, 5.41) is 0.505. The van der Waals surface area contributed by atoms with E-state index in [1.54, 1.807) is 17.8 Å². The average Bonchev–Trinajstić information content (AvgIpc) is 2.27. The first-order valence-corrected chi connectivity index (χ1v) is 6.39. The smallest absolute Gasteiger partial charge is 0.249 e. The van der Waals surface area contributed by atoms with E-state index in [0.717, 1.165) is 17.7 Å². The molecule has 1 atom stereocenters. The molecule has 0 aliphatic carbocycles. The third-order valence-electron chi connectivity index (χ3n) is 2.38. The highest BCUT2D eigenvalue weighted by Gasteiger charge is 2.08. The number of amides is 1. The second kappa shape index (κ2) is 6.55. The lowest BCUT2D eigenvalue weighted by Crippen LogP contribution is -2.14. The SMILES string of the molecule is CC(CCN)SCc1ccccc1C(N)=O. The largest absolute Gasteiger partial charge is 0.366 e. The van der Waals surface area contributed by atoms with Crippen LogP contribution in [0.4, 0.5) is 0 Å². The Bertz CT molecular complexity index is 355. The van der Waals surface area contributed by atoms with Gasteiger partial charge in [0.25, 0.3) is 0 Å². The second-order valence-corrected chi connectivity index (χ2v) is 5.15. The van der Waals surface area contributed by atoms with Crippen LogP contribution in [0.1, 0.15) is 29.3 Å². The van der Waals surface area contributed by atoms with Crippen molar-refractivity contribution in [3.8, 4) is 0 Å². The number of carbonyl (C=O) groups is 1. The molecule has 0 aliphatic rings. The molecule has 0 saturated carbocycles. The van der Waals surface area contributed by atoms with Crippen molar-refractivity contribution >= 4 is 17.7 Å². The predicted molar refractivity (Wildman–Crippen MR) is 69.4 cm³/mol. The van der Waals surface area contributed by atoms with Crippen molar-refractivity contribution in [2.24, 2.45) is 11.5 Å². The highest BCUT2D eigenvalue weighted by atomic mass is 32.2. The van der Waals surface area contributed by atoms with Crippen LogP contribution in [0.25, 0.3) is 0 Å². The summed E-state index contributed by atoms with van der Waals surface area (Å²) in [5.41, 5.74) is 12.4.